The Balaban J connectivity index is 1.62. The van der Waals surface area contributed by atoms with Gasteiger partial charge in [0, 0.05) is 30.6 Å². The second-order valence-electron chi connectivity index (χ2n) is 6.99. The summed E-state index contributed by atoms with van der Waals surface area (Å²) in [5.74, 6) is 0.833. The second-order valence-corrected chi connectivity index (χ2v) is 6.99. The smallest absolute Gasteiger partial charge is 0.0812 e. The maximum Gasteiger partial charge on any atom is 0.0812 e. The average Bonchev–Trinajstić information content (AvgIpc) is 3.05. The molecular formula is C16H25NO2. The SMILES string of the molecule is CC1(C)Cc2c(ccn2CCOCC2CC2)C(O)C1. The predicted molar refractivity (Wildman–Crippen MR) is 75.0 cm³/mol. The first-order valence-corrected chi connectivity index (χ1v) is 7.49. The van der Waals surface area contributed by atoms with Gasteiger partial charge >= 0.3 is 0 Å². The van der Waals surface area contributed by atoms with Crippen LogP contribution in [0.2, 0.25) is 0 Å². The van der Waals surface area contributed by atoms with Crippen LogP contribution in [0.3, 0.4) is 0 Å². The zero-order chi connectivity index (χ0) is 13.5. The summed E-state index contributed by atoms with van der Waals surface area (Å²) in [5.41, 5.74) is 2.62. The molecule has 3 heteroatoms. The molecular weight excluding hydrogens is 238 g/mol. The molecule has 3 rings (SSSR count). The van der Waals surface area contributed by atoms with E-state index in [1.807, 2.05) is 0 Å². The fraction of sp³-hybridized carbons (Fsp3) is 0.750. The van der Waals surface area contributed by atoms with E-state index in [2.05, 4.69) is 30.7 Å². The lowest BCUT2D eigenvalue weighted by molar-refractivity contribution is 0.0945. The number of nitrogens with zero attached hydrogens (tertiary/aromatic N) is 1. The molecule has 1 aromatic rings. The van der Waals surface area contributed by atoms with E-state index in [0.717, 1.165) is 44.1 Å². The van der Waals surface area contributed by atoms with Crippen molar-refractivity contribution in [3.63, 3.8) is 0 Å². The van der Waals surface area contributed by atoms with E-state index >= 15 is 0 Å². The number of aliphatic hydroxyl groups is 1. The van der Waals surface area contributed by atoms with Gasteiger partial charge in [0.05, 0.1) is 12.7 Å². The molecule has 0 bridgehead atoms. The first kappa shape index (κ1) is 13.2. The molecule has 0 aromatic carbocycles. The van der Waals surface area contributed by atoms with Crippen LogP contribution in [-0.2, 0) is 17.7 Å². The fourth-order valence-corrected chi connectivity index (χ4v) is 3.10. The fourth-order valence-electron chi connectivity index (χ4n) is 3.10. The van der Waals surface area contributed by atoms with E-state index in [9.17, 15) is 5.11 Å². The van der Waals surface area contributed by atoms with Gasteiger partial charge in [-0.2, -0.15) is 0 Å². The zero-order valence-corrected chi connectivity index (χ0v) is 12.1. The van der Waals surface area contributed by atoms with Crippen LogP contribution in [0.5, 0.6) is 0 Å². The van der Waals surface area contributed by atoms with Crippen LogP contribution in [0, 0.1) is 11.3 Å². The quantitative estimate of drug-likeness (QED) is 0.829. The number of rotatable bonds is 5. The van der Waals surface area contributed by atoms with Crippen molar-refractivity contribution in [2.45, 2.75) is 52.2 Å². The Morgan fingerprint density at radius 3 is 2.95 bits per heavy atom. The summed E-state index contributed by atoms with van der Waals surface area (Å²) in [5, 5.41) is 10.2. The molecule has 1 unspecified atom stereocenters. The molecule has 1 heterocycles. The molecule has 1 saturated carbocycles. The number of fused-ring (bicyclic) bond motifs is 1. The molecule has 1 N–H and O–H groups in total. The minimum absolute atomic E-state index is 0.192. The number of aliphatic hydroxyl groups excluding tert-OH is 1. The van der Waals surface area contributed by atoms with Crippen molar-refractivity contribution in [1.82, 2.24) is 4.57 Å². The molecule has 2 aliphatic rings. The largest absolute Gasteiger partial charge is 0.388 e. The molecule has 0 aliphatic heterocycles. The highest BCUT2D eigenvalue weighted by Gasteiger charge is 2.33. The maximum atomic E-state index is 10.2. The molecule has 0 saturated heterocycles. The van der Waals surface area contributed by atoms with Gasteiger partial charge in [-0.3, -0.25) is 0 Å². The van der Waals surface area contributed by atoms with E-state index in [1.165, 1.54) is 18.5 Å². The van der Waals surface area contributed by atoms with Crippen molar-refractivity contribution in [3.8, 4) is 0 Å². The van der Waals surface area contributed by atoms with Crippen molar-refractivity contribution in [2.75, 3.05) is 13.2 Å². The Bertz CT molecular complexity index is 446. The number of ether oxygens (including phenoxy) is 1. The summed E-state index contributed by atoms with van der Waals surface area (Å²) >= 11 is 0. The molecule has 3 nitrogen and oxygen atoms in total. The number of hydrogen-bond acceptors (Lipinski definition) is 2. The van der Waals surface area contributed by atoms with Crippen LogP contribution >= 0.6 is 0 Å². The molecule has 2 aliphatic carbocycles. The van der Waals surface area contributed by atoms with Crippen molar-refractivity contribution in [3.05, 3.63) is 23.5 Å². The van der Waals surface area contributed by atoms with E-state index in [4.69, 9.17) is 4.74 Å². The normalized spacial score (nSPS) is 25.3. The van der Waals surface area contributed by atoms with E-state index in [0.29, 0.717) is 0 Å². The Kier molecular flexibility index (Phi) is 3.44. The van der Waals surface area contributed by atoms with Crippen molar-refractivity contribution >= 4 is 0 Å². The van der Waals surface area contributed by atoms with Gasteiger partial charge in [0.2, 0.25) is 0 Å². The lowest BCUT2D eigenvalue weighted by Gasteiger charge is -2.34. The van der Waals surface area contributed by atoms with Crippen molar-refractivity contribution < 1.29 is 9.84 Å². The zero-order valence-electron chi connectivity index (χ0n) is 12.1. The van der Waals surface area contributed by atoms with Crippen molar-refractivity contribution in [1.29, 1.82) is 0 Å². The van der Waals surface area contributed by atoms with Gasteiger partial charge in [-0.25, -0.2) is 0 Å². The second kappa shape index (κ2) is 4.95. The number of aromatic nitrogens is 1. The number of hydrogen-bond donors (Lipinski definition) is 1. The minimum atomic E-state index is -0.299. The standard InChI is InChI=1S/C16H25NO2/c1-16(2)9-14-13(15(18)10-16)5-6-17(14)7-8-19-11-12-3-4-12/h5-6,12,15,18H,3-4,7-11H2,1-2H3. The molecule has 0 spiro atoms. The molecule has 0 amide bonds. The van der Waals surface area contributed by atoms with Gasteiger partial charge in [0.1, 0.15) is 0 Å². The minimum Gasteiger partial charge on any atom is -0.388 e. The Morgan fingerprint density at radius 1 is 1.42 bits per heavy atom. The van der Waals surface area contributed by atoms with Gasteiger partial charge in [-0.1, -0.05) is 13.8 Å². The Morgan fingerprint density at radius 2 is 2.21 bits per heavy atom. The third kappa shape index (κ3) is 3.03. The third-order valence-electron chi connectivity index (χ3n) is 4.39. The van der Waals surface area contributed by atoms with Crippen LogP contribution in [0.25, 0.3) is 0 Å². The maximum absolute atomic E-state index is 10.2. The lowest BCUT2D eigenvalue weighted by atomic mass is 9.75. The molecule has 19 heavy (non-hydrogen) atoms. The molecule has 106 valence electrons. The first-order chi connectivity index (χ1) is 9.05. The highest BCUT2D eigenvalue weighted by atomic mass is 16.5. The van der Waals surface area contributed by atoms with Gasteiger partial charge in [-0.05, 0) is 43.1 Å². The predicted octanol–water partition coefficient (Wildman–Crippen LogP) is 2.92. The van der Waals surface area contributed by atoms with Crippen LogP contribution in [0.1, 0.15) is 50.5 Å². The summed E-state index contributed by atoms with van der Waals surface area (Å²) in [4.78, 5) is 0. The molecule has 1 fully saturated rings. The van der Waals surface area contributed by atoms with E-state index < -0.39 is 0 Å². The third-order valence-corrected chi connectivity index (χ3v) is 4.39. The van der Waals surface area contributed by atoms with Gasteiger partial charge < -0.3 is 14.4 Å². The van der Waals surface area contributed by atoms with Crippen LogP contribution in [0.15, 0.2) is 12.3 Å². The topological polar surface area (TPSA) is 34.4 Å². The van der Waals surface area contributed by atoms with Crippen LogP contribution < -0.4 is 0 Å². The van der Waals surface area contributed by atoms with Gasteiger partial charge in [0.25, 0.3) is 0 Å². The van der Waals surface area contributed by atoms with E-state index in [-0.39, 0.29) is 11.5 Å². The average molecular weight is 263 g/mol. The van der Waals surface area contributed by atoms with Gasteiger partial charge in [-0.15, -0.1) is 0 Å². The summed E-state index contributed by atoms with van der Waals surface area (Å²) in [6.45, 7) is 7.09. The van der Waals surface area contributed by atoms with Crippen LogP contribution in [-0.4, -0.2) is 22.9 Å². The molecule has 1 atom stereocenters. The monoisotopic (exact) mass is 263 g/mol. The van der Waals surface area contributed by atoms with Crippen molar-refractivity contribution in [2.24, 2.45) is 11.3 Å². The summed E-state index contributed by atoms with van der Waals surface area (Å²) in [7, 11) is 0. The summed E-state index contributed by atoms with van der Waals surface area (Å²) in [6.07, 6.45) is 6.42. The van der Waals surface area contributed by atoms with Crippen LogP contribution in [0.4, 0.5) is 0 Å². The van der Waals surface area contributed by atoms with Gasteiger partial charge in [0.15, 0.2) is 0 Å². The summed E-state index contributed by atoms with van der Waals surface area (Å²) < 4.78 is 7.99. The lowest BCUT2D eigenvalue weighted by Crippen LogP contribution is -2.27. The molecule has 1 aromatic heterocycles. The molecule has 0 radical (unpaired) electrons. The highest BCUT2D eigenvalue weighted by molar-refractivity contribution is 5.29. The highest BCUT2D eigenvalue weighted by Crippen LogP contribution is 2.41. The summed E-state index contributed by atoms with van der Waals surface area (Å²) in [6, 6.07) is 2.08. The van der Waals surface area contributed by atoms with E-state index in [1.54, 1.807) is 0 Å². The Labute approximate surface area is 115 Å². The first-order valence-electron chi connectivity index (χ1n) is 7.49. The Hall–Kier alpha value is -0.800.